The van der Waals surface area contributed by atoms with Gasteiger partial charge in [0, 0.05) is 19.5 Å². The van der Waals surface area contributed by atoms with Crippen LogP contribution < -0.4 is 5.32 Å². The average molecular weight is 290 g/mol. The second-order valence-electron chi connectivity index (χ2n) is 5.02. The van der Waals surface area contributed by atoms with Gasteiger partial charge in [0.25, 0.3) is 0 Å². The average Bonchev–Trinajstić information content (AvgIpc) is 2.85. The van der Waals surface area contributed by atoms with E-state index in [9.17, 15) is 14.4 Å². The maximum Gasteiger partial charge on any atom is 0.335 e. The van der Waals surface area contributed by atoms with Crippen molar-refractivity contribution in [1.29, 1.82) is 0 Å². The molecule has 2 rings (SSSR count). The molecule has 1 aliphatic heterocycles. The molecule has 2 N–H and O–H groups in total. The maximum absolute atomic E-state index is 11.7. The highest BCUT2D eigenvalue weighted by atomic mass is 16.4. The van der Waals surface area contributed by atoms with Crippen LogP contribution in [0.1, 0.15) is 28.8 Å². The van der Waals surface area contributed by atoms with Crippen molar-refractivity contribution in [2.24, 2.45) is 0 Å². The number of nitrogens with zero attached hydrogens (tertiary/aromatic N) is 1. The summed E-state index contributed by atoms with van der Waals surface area (Å²) < 4.78 is 0. The zero-order chi connectivity index (χ0) is 15.2. The molecule has 1 fully saturated rings. The van der Waals surface area contributed by atoms with E-state index in [2.05, 4.69) is 5.32 Å². The molecule has 112 valence electrons. The van der Waals surface area contributed by atoms with Crippen molar-refractivity contribution in [3.05, 3.63) is 35.4 Å². The highest BCUT2D eigenvalue weighted by Gasteiger charge is 2.21. The van der Waals surface area contributed by atoms with E-state index >= 15 is 0 Å². The number of rotatable bonds is 6. The number of aromatic carboxylic acids is 1. The lowest BCUT2D eigenvalue weighted by Gasteiger charge is -2.14. The highest BCUT2D eigenvalue weighted by molar-refractivity contribution is 5.87. The van der Waals surface area contributed by atoms with Crippen molar-refractivity contribution in [1.82, 2.24) is 10.2 Å². The summed E-state index contributed by atoms with van der Waals surface area (Å²) in [4.78, 5) is 35.4. The molecule has 6 nitrogen and oxygen atoms in total. The van der Waals surface area contributed by atoms with E-state index in [1.54, 1.807) is 29.2 Å². The first-order valence-electron chi connectivity index (χ1n) is 6.93. The molecule has 0 saturated carbocycles. The molecule has 0 unspecified atom stereocenters. The van der Waals surface area contributed by atoms with E-state index in [1.165, 1.54) is 0 Å². The molecule has 0 bridgehead atoms. The first-order valence-corrected chi connectivity index (χ1v) is 6.93. The molecule has 0 radical (unpaired) electrons. The molecule has 1 saturated heterocycles. The Morgan fingerprint density at radius 2 is 1.95 bits per heavy atom. The smallest absolute Gasteiger partial charge is 0.335 e. The number of carbonyl (C=O) groups is 3. The minimum absolute atomic E-state index is 0.0365. The molecule has 1 heterocycles. The van der Waals surface area contributed by atoms with E-state index in [4.69, 9.17) is 5.11 Å². The van der Waals surface area contributed by atoms with Crippen LogP contribution in [0.25, 0.3) is 0 Å². The monoisotopic (exact) mass is 290 g/mol. The second kappa shape index (κ2) is 6.88. The largest absolute Gasteiger partial charge is 0.478 e. The van der Waals surface area contributed by atoms with Crippen LogP contribution in [0.15, 0.2) is 24.3 Å². The number of carboxylic acid groups (broad SMARTS) is 1. The lowest BCUT2D eigenvalue weighted by atomic mass is 10.1. The Bertz CT molecular complexity index is 539. The fraction of sp³-hybridized carbons (Fsp3) is 0.400. The van der Waals surface area contributed by atoms with Gasteiger partial charge < -0.3 is 15.3 Å². The summed E-state index contributed by atoms with van der Waals surface area (Å²) in [5.41, 5.74) is 1.20. The Morgan fingerprint density at radius 3 is 2.52 bits per heavy atom. The van der Waals surface area contributed by atoms with Crippen LogP contribution in [0.2, 0.25) is 0 Å². The van der Waals surface area contributed by atoms with E-state index in [-0.39, 0.29) is 23.9 Å². The van der Waals surface area contributed by atoms with Crippen LogP contribution in [-0.4, -0.2) is 47.4 Å². The molecular weight excluding hydrogens is 272 g/mol. The molecule has 1 aromatic carbocycles. The highest BCUT2D eigenvalue weighted by Crippen LogP contribution is 2.08. The Kier molecular flexibility index (Phi) is 4.92. The van der Waals surface area contributed by atoms with E-state index in [0.717, 1.165) is 12.0 Å². The third-order valence-electron chi connectivity index (χ3n) is 3.44. The van der Waals surface area contributed by atoms with Crippen molar-refractivity contribution in [2.75, 3.05) is 19.6 Å². The number of benzene rings is 1. The molecule has 6 heteroatoms. The van der Waals surface area contributed by atoms with Crippen molar-refractivity contribution in [3.63, 3.8) is 0 Å². The van der Waals surface area contributed by atoms with Crippen LogP contribution in [0.4, 0.5) is 0 Å². The van der Waals surface area contributed by atoms with Crippen LogP contribution >= 0.6 is 0 Å². The lowest BCUT2D eigenvalue weighted by molar-refractivity contribution is -0.133. The Balaban J connectivity index is 1.72. The number of hydrogen-bond donors (Lipinski definition) is 2. The fourth-order valence-corrected chi connectivity index (χ4v) is 2.26. The summed E-state index contributed by atoms with van der Waals surface area (Å²) in [6.45, 7) is 1.24. The van der Waals surface area contributed by atoms with Gasteiger partial charge in [0.05, 0.1) is 12.1 Å². The van der Waals surface area contributed by atoms with Gasteiger partial charge in [0.1, 0.15) is 0 Å². The molecule has 0 aliphatic carbocycles. The van der Waals surface area contributed by atoms with Crippen LogP contribution in [-0.2, 0) is 16.0 Å². The van der Waals surface area contributed by atoms with Gasteiger partial charge in [-0.3, -0.25) is 9.59 Å². The molecular formula is C15H18N2O4. The molecule has 21 heavy (non-hydrogen) atoms. The van der Waals surface area contributed by atoms with Gasteiger partial charge in [-0.25, -0.2) is 4.79 Å². The normalized spacial score (nSPS) is 14.3. The SMILES string of the molecule is O=C(CN1CCCC1=O)NCCc1ccc(C(=O)O)cc1. The van der Waals surface area contributed by atoms with E-state index in [1.807, 2.05) is 0 Å². The zero-order valence-corrected chi connectivity index (χ0v) is 11.7. The summed E-state index contributed by atoms with van der Waals surface area (Å²) >= 11 is 0. The van der Waals surface area contributed by atoms with Crippen molar-refractivity contribution in [3.8, 4) is 0 Å². The fourth-order valence-electron chi connectivity index (χ4n) is 2.26. The second-order valence-corrected chi connectivity index (χ2v) is 5.02. The van der Waals surface area contributed by atoms with Gasteiger partial charge in [-0.05, 0) is 30.5 Å². The number of hydrogen-bond acceptors (Lipinski definition) is 3. The first kappa shape index (κ1) is 15.0. The molecule has 0 atom stereocenters. The van der Waals surface area contributed by atoms with Crippen LogP contribution in [0.3, 0.4) is 0 Å². The summed E-state index contributed by atoms with van der Waals surface area (Å²) in [6.07, 6.45) is 1.98. The summed E-state index contributed by atoms with van der Waals surface area (Å²) in [5.74, 6) is -1.08. The number of nitrogens with one attached hydrogen (secondary N) is 1. The van der Waals surface area contributed by atoms with Gasteiger partial charge in [-0.1, -0.05) is 12.1 Å². The summed E-state index contributed by atoms with van der Waals surface area (Å²) in [5, 5.41) is 11.6. The van der Waals surface area contributed by atoms with Gasteiger partial charge in [-0.15, -0.1) is 0 Å². The maximum atomic E-state index is 11.7. The minimum Gasteiger partial charge on any atom is -0.478 e. The third kappa shape index (κ3) is 4.30. The van der Waals surface area contributed by atoms with Gasteiger partial charge >= 0.3 is 5.97 Å². The number of amides is 2. The molecule has 0 aromatic heterocycles. The number of carbonyl (C=O) groups excluding carboxylic acids is 2. The van der Waals surface area contributed by atoms with E-state index in [0.29, 0.717) is 25.9 Å². The quantitative estimate of drug-likeness (QED) is 0.806. The van der Waals surface area contributed by atoms with Crippen molar-refractivity contribution in [2.45, 2.75) is 19.3 Å². The Morgan fingerprint density at radius 1 is 1.24 bits per heavy atom. The Labute approximate surface area is 122 Å². The predicted molar refractivity (Wildman–Crippen MR) is 75.9 cm³/mol. The Hall–Kier alpha value is -2.37. The predicted octanol–water partition coefficient (Wildman–Crippen LogP) is 0.666. The molecule has 1 aliphatic rings. The molecule has 2 amide bonds. The van der Waals surface area contributed by atoms with Gasteiger partial charge in [0.2, 0.25) is 11.8 Å². The zero-order valence-electron chi connectivity index (χ0n) is 11.7. The van der Waals surface area contributed by atoms with Gasteiger partial charge in [-0.2, -0.15) is 0 Å². The minimum atomic E-state index is -0.954. The number of carboxylic acids is 1. The topological polar surface area (TPSA) is 86.7 Å². The number of likely N-dealkylation sites (tertiary alicyclic amines) is 1. The first-order chi connectivity index (χ1) is 10.1. The standard InChI is InChI=1S/C15H18N2O4/c18-13(10-17-9-1-2-14(17)19)16-8-7-11-3-5-12(6-4-11)15(20)21/h3-6H,1-2,7-10H2,(H,16,18)(H,20,21). The van der Waals surface area contributed by atoms with Crippen molar-refractivity contribution < 1.29 is 19.5 Å². The molecule has 0 spiro atoms. The van der Waals surface area contributed by atoms with E-state index < -0.39 is 5.97 Å². The third-order valence-corrected chi connectivity index (χ3v) is 3.44. The summed E-state index contributed by atoms with van der Waals surface area (Å²) in [6, 6.07) is 6.56. The van der Waals surface area contributed by atoms with Crippen LogP contribution in [0, 0.1) is 0 Å². The van der Waals surface area contributed by atoms with Crippen molar-refractivity contribution >= 4 is 17.8 Å². The lowest BCUT2D eigenvalue weighted by Crippen LogP contribution is -2.38. The van der Waals surface area contributed by atoms with Gasteiger partial charge in [0.15, 0.2) is 0 Å². The molecule has 1 aromatic rings. The van der Waals surface area contributed by atoms with Crippen LogP contribution in [0.5, 0.6) is 0 Å². The summed E-state index contributed by atoms with van der Waals surface area (Å²) in [7, 11) is 0.